The molecule has 0 aliphatic rings. The molecular weight excluding hydrogens is 291 g/mol. The molecule has 1 aromatic rings. The molecule has 9 heteroatoms. The van der Waals surface area contributed by atoms with Gasteiger partial charge in [-0.1, -0.05) is 23.2 Å². The maximum Gasteiger partial charge on any atom is 0.558 e. The first-order valence-corrected chi connectivity index (χ1v) is 4.94. The van der Waals surface area contributed by atoms with Crippen molar-refractivity contribution in [2.24, 2.45) is 0 Å². The Hall–Kier alpha value is -1.99. The van der Waals surface area contributed by atoms with Gasteiger partial charge in [0.25, 0.3) is 0 Å². The molecule has 0 bridgehead atoms. The SMILES string of the molecule is O=C(O)OOC(=O)OC(=O)c1ccc(Cl)cc1Cl. The molecule has 0 heterocycles. The molecule has 0 atom stereocenters. The van der Waals surface area contributed by atoms with E-state index < -0.39 is 18.3 Å². The summed E-state index contributed by atoms with van der Waals surface area (Å²) in [4.78, 5) is 39.1. The van der Waals surface area contributed by atoms with Crippen molar-refractivity contribution in [2.45, 2.75) is 0 Å². The minimum absolute atomic E-state index is 0.0422. The van der Waals surface area contributed by atoms with Crippen molar-refractivity contribution >= 4 is 41.5 Å². The lowest BCUT2D eigenvalue weighted by Crippen LogP contribution is -2.16. The van der Waals surface area contributed by atoms with Crippen molar-refractivity contribution in [3.8, 4) is 0 Å². The lowest BCUT2D eigenvalue weighted by atomic mass is 10.2. The predicted molar refractivity (Wildman–Crippen MR) is 57.5 cm³/mol. The van der Waals surface area contributed by atoms with Gasteiger partial charge in [0, 0.05) is 5.02 Å². The summed E-state index contributed by atoms with van der Waals surface area (Å²) in [5, 5.41) is 8.26. The maximum absolute atomic E-state index is 11.4. The van der Waals surface area contributed by atoms with E-state index in [4.69, 9.17) is 28.3 Å². The Balaban J connectivity index is 2.65. The highest BCUT2D eigenvalue weighted by molar-refractivity contribution is 6.36. The molecule has 0 spiro atoms. The Morgan fingerprint density at radius 1 is 1.11 bits per heavy atom. The lowest BCUT2D eigenvalue weighted by molar-refractivity contribution is -0.208. The normalized spacial score (nSPS) is 9.44. The van der Waals surface area contributed by atoms with Crippen molar-refractivity contribution in [1.82, 2.24) is 0 Å². The van der Waals surface area contributed by atoms with Crippen LogP contribution in [0.5, 0.6) is 0 Å². The fraction of sp³-hybridized carbons (Fsp3) is 0. The number of halogens is 2. The van der Waals surface area contributed by atoms with E-state index in [1.807, 2.05) is 0 Å². The second-order valence-electron chi connectivity index (χ2n) is 2.70. The molecule has 1 rings (SSSR count). The molecule has 0 aliphatic carbocycles. The molecule has 0 aliphatic heterocycles. The number of carbonyl (C=O) groups is 3. The third-order valence-corrected chi connectivity index (χ3v) is 2.06. The number of carbonyl (C=O) groups excluding carboxylic acids is 2. The highest BCUT2D eigenvalue weighted by atomic mass is 35.5. The molecule has 1 aromatic carbocycles. The lowest BCUT2D eigenvalue weighted by Gasteiger charge is -2.03. The Bertz CT molecular complexity index is 500. The van der Waals surface area contributed by atoms with Gasteiger partial charge in [-0.25, -0.2) is 14.5 Å². The Kier molecular flexibility index (Phi) is 4.75. The van der Waals surface area contributed by atoms with E-state index in [9.17, 15) is 14.4 Å². The summed E-state index contributed by atoms with van der Waals surface area (Å²) in [6.07, 6.45) is -3.52. The number of esters is 1. The number of ether oxygens (including phenoxy) is 1. The van der Waals surface area contributed by atoms with Crippen molar-refractivity contribution in [2.75, 3.05) is 0 Å². The first kappa shape index (κ1) is 14.1. The summed E-state index contributed by atoms with van der Waals surface area (Å²) in [7, 11) is 0. The van der Waals surface area contributed by atoms with Crippen LogP contribution < -0.4 is 0 Å². The first-order valence-electron chi connectivity index (χ1n) is 4.19. The van der Waals surface area contributed by atoms with E-state index >= 15 is 0 Å². The zero-order chi connectivity index (χ0) is 13.7. The maximum atomic E-state index is 11.4. The second-order valence-corrected chi connectivity index (χ2v) is 3.54. The molecule has 0 saturated heterocycles. The monoisotopic (exact) mass is 294 g/mol. The zero-order valence-corrected chi connectivity index (χ0v) is 9.90. The first-order chi connectivity index (χ1) is 8.40. The van der Waals surface area contributed by atoms with Crippen molar-refractivity contribution in [1.29, 1.82) is 0 Å². The average Bonchev–Trinajstić information content (AvgIpc) is 2.26. The zero-order valence-electron chi connectivity index (χ0n) is 8.38. The van der Waals surface area contributed by atoms with Crippen molar-refractivity contribution < 1.29 is 34.0 Å². The van der Waals surface area contributed by atoms with Crippen LogP contribution in [0.2, 0.25) is 10.0 Å². The molecule has 0 amide bonds. The van der Waals surface area contributed by atoms with Gasteiger partial charge >= 0.3 is 18.3 Å². The van der Waals surface area contributed by atoms with E-state index in [1.54, 1.807) is 0 Å². The Morgan fingerprint density at radius 3 is 2.33 bits per heavy atom. The van der Waals surface area contributed by atoms with Crippen LogP contribution in [-0.4, -0.2) is 23.4 Å². The van der Waals surface area contributed by atoms with Gasteiger partial charge in [0.1, 0.15) is 0 Å². The quantitative estimate of drug-likeness (QED) is 0.368. The van der Waals surface area contributed by atoms with Crippen LogP contribution in [0.1, 0.15) is 10.4 Å². The predicted octanol–water partition coefficient (Wildman–Crippen LogP) is 2.90. The average molecular weight is 295 g/mol. The third kappa shape index (κ3) is 4.11. The van der Waals surface area contributed by atoms with Gasteiger partial charge in [0.15, 0.2) is 0 Å². The number of benzene rings is 1. The molecule has 0 unspecified atom stereocenters. The summed E-state index contributed by atoms with van der Waals surface area (Å²) < 4.78 is 4.09. The minimum Gasteiger partial charge on any atom is -0.447 e. The number of rotatable bonds is 1. The van der Waals surface area contributed by atoms with Gasteiger partial charge < -0.3 is 9.84 Å². The van der Waals surface area contributed by atoms with E-state index in [0.717, 1.165) is 0 Å². The van der Waals surface area contributed by atoms with Gasteiger partial charge in [-0.15, -0.1) is 0 Å². The van der Waals surface area contributed by atoms with Crippen LogP contribution in [0.3, 0.4) is 0 Å². The van der Waals surface area contributed by atoms with Crippen LogP contribution in [0.25, 0.3) is 0 Å². The van der Waals surface area contributed by atoms with Crippen LogP contribution >= 0.6 is 23.2 Å². The summed E-state index contributed by atoms with van der Waals surface area (Å²) in [6, 6.07) is 3.83. The van der Waals surface area contributed by atoms with Gasteiger partial charge in [-0.2, -0.15) is 9.68 Å². The van der Waals surface area contributed by atoms with E-state index in [0.29, 0.717) is 0 Å². The number of carboxylic acid groups (broad SMARTS) is 1. The molecule has 0 radical (unpaired) electrons. The Morgan fingerprint density at radius 2 is 1.78 bits per heavy atom. The summed E-state index contributed by atoms with van der Waals surface area (Å²) >= 11 is 11.3. The fourth-order valence-electron chi connectivity index (χ4n) is 0.872. The number of hydrogen-bond acceptors (Lipinski definition) is 6. The summed E-state index contributed by atoms with van der Waals surface area (Å²) in [6.45, 7) is 0. The fourth-order valence-corrected chi connectivity index (χ4v) is 1.36. The van der Waals surface area contributed by atoms with Gasteiger partial charge in [0.05, 0.1) is 10.6 Å². The molecule has 7 nitrogen and oxygen atoms in total. The summed E-state index contributed by atoms with van der Waals surface area (Å²) in [5.41, 5.74) is -0.145. The summed E-state index contributed by atoms with van der Waals surface area (Å²) in [5.74, 6) is -1.14. The molecule has 0 saturated carbocycles. The molecule has 0 aromatic heterocycles. The largest absolute Gasteiger partial charge is 0.558 e. The van der Waals surface area contributed by atoms with Gasteiger partial charge in [-0.05, 0) is 18.2 Å². The molecule has 1 N–H and O–H groups in total. The minimum atomic E-state index is -1.87. The molecule has 18 heavy (non-hydrogen) atoms. The molecule has 96 valence electrons. The van der Waals surface area contributed by atoms with Crippen LogP contribution in [0, 0.1) is 0 Å². The van der Waals surface area contributed by atoms with E-state index in [1.165, 1.54) is 18.2 Å². The van der Waals surface area contributed by atoms with E-state index in [2.05, 4.69) is 14.5 Å². The van der Waals surface area contributed by atoms with Crippen molar-refractivity contribution in [3.05, 3.63) is 33.8 Å². The standard InChI is InChI=1S/C9H4Cl2O7/c10-4-1-2-5(6(11)3-4)7(12)16-9(15)18-17-8(13)14/h1-3H,(H,13,14). The highest BCUT2D eigenvalue weighted by Crippen LogP contribution is 2.21. The van der Waals surface area contributed by atoms with Gasteiger partial charge in [-0.3, -0.25) is 0 Å². The van der Waals surface area contributed by atoms with Crippen molar-refractivity contribution in [3.63, 3.8) is 0 Å². The van der Waals surface area contributed by atoms with Crippen LogP contribution in [-0.2, 0) is 14.5 Å². The third-order valence-electron chi connectivity index (χ3n) is 1.51. The number of hydrogen-bond donors (Lipinski definition) is 1. The topological polar surface area (TPSA) is 99.1 Å². The van der Waals surface area contributed by atoms with E-state index in [-0.39, 0.29) is 15.6 Å². The Labute approximate surface area is 110 Å². The second kappa shape index (κ2) is 6.08. The molecule has 0 fully saturated rings. The highest BCUT2D eigenvalue weighted by Gasteiger charge is 2.19. The van der Waals surface area contributed by atoms with Gasteiger partial charge in [0.2, 0.25) is 0 Å². The van der Waals surface area contributed by atoms with Crippen LogP contribution in [0.4, 0.5) is 9.59 Å². The molecular formula is C9H4Cl2O7. The smallest absolute Gasteiger partial charge is 0.447 e. The van der Waals surface area contributed by atoms with Crippen LogP contribution in [0.15, 0.2) is 18.2 Å².